The molecule has 2 aromatic carbocycles. The third-order valence-corrected chi connectivity index (χ3v) is 3.21. The highest BCUT2D eigenvalue weighted by Gasteiger charge is 2.09. The van der Waals surface area contributed by atoms with Crippen LogP contribution in [0.5, 0.6) is 11.5 Å². The zero-order valence-electron chi connectivity index (χ0n) is 10.5. The zero-order valence-corrected chi connectivity index (χ0v) is 10.5. The molecule has 0 atom stereocenters. The van der Waals surface area contributed by atoms with Gasteiger partial charge in [0.05, 0.1) is 0 Å². The third-order valence-electron chi connectivity index (χ3n) is 3.21. The minimum absolute atomic E-state index is 0.224. The van der Waals surface area contributed by atoms with E-state index < -0.39 is 0 Å². The smallest absolute Gasteiger partial charge is 0.119 e. The van der Waals surface area contributed by atoms with Gasteiger partial charge in [-0.15, -0.1) is 0 Å². The standard InChI is InChI=1S/C15H14N2O2/c1-9-16-8-11(17-9)7-14-13-4-3-12(18)6-10(13)2-5-15(14)19/h2-6,8,18-19H,7H2,1H3,(H,16,17). The minimum atomic E-state index is 0.224. The molecule has 0 aliphatic heterocycles. The van der Waals surface area contributed by atoms with Gasteiger partial charge in [-0.2, -0.15) is 0 Å². The van der Waals surface area contributed by atoms with Crippen LogP contribution in [0.25, 0.3) is 10.8 Å². The van der Waals surface area contributed by atoms with E-state index in [2.05, 4.69) is 9.97 Å². The van der Waals surface area contributed by atoms with E-state index >= 15 is 0 Å². The van der Waals surface area contributed by atoms with Gasteiger partial charge in [0.2, 0.25) is 0 Å². The van der Waals surface area contributed by atoms with Crippen LogP contribution in [0.1, 0.15) is 17.1 Å². The van der Waals surface area contributed by atoms with E-state index in [1.807, 2.05) is 13.0 Å². The number of aromatic hydroxyl groups is 2. The molecule has 19 heavy (non-hydrogen) atoms. The average molecular weight is 254 g/mol. The molecule has 0 saturated heterocycles. The summed E-state index contributed by atoms with van der Waals surface area (Å²) in [6, 6.07) is 8.59. The summed E-state index contributed by atoms with van der Waals surface area (Å²) in [5.41, 5.74) is 1.79. The number of H-pyrrole nitrogens is 1. The van der Waals surface area contributed by atoms with E-state index in [-0.39, 0.29) is 11.5 Å². The van der Waals surface area contributed by atoms with Crippen molar-refractivity contribution in [1.29, 1.82) is 0 Å². The van der Waals surface area contributed by atoms with Crippen molar-refractivity contribution in [2.45, 2.75) is 13.3 Å². The molecule has 96 valence electrons. The van der Waals surface area contributed by atoms with Crippen molar-refractivity contribution in [2.24, 2.45) is 0 Å². The van der Waals surface area contributed by atoms with Crippen LogP contribution in [0.3, 0.4) is 0 Å². The number of hydrogen-bond acceptors (Lipinski definition) is 3. The molecule has 0 aliphatic carbocycles. The molecule has 0 saturated carbocycles. The molecule has 3 N–H and O–H groups in total. The number of benzene rings is 2. The number of nitrogens with zero attached hydrogens (tertiary/aromatic N) is 1. The summed E-state index contributed by atoms with van der Waals surface area (Å²) in [7, 11) is 0. The van der Waals surface area contributed by atoms with Crippen LogP contribution in [0.4, 0.5) is 0 Å². The van der Waals surface area contributed by atoms with Gasteiger partial charge in [-0.05, 0) is 35.9 Å². The van der Waals surface area contributed by atoms with Crippen molar-refractivity contribution in [3.8, 4) is 11.5 Å². The van der Waals surface area contributed by atoms with Crippen molar-refractivity contribution in [3.63, 3.8) is 0 Å². The summed E-state index contributed by atoms with van der Waals surface area (Å²) in [6.45, 7) is 1.89. The highest BCUT2D eigenvalue weighted by Crippen LogP contribution is 2.30. The number of nitrogens with one attached hydrogen (secondary N) is 1. The zero-order chi connectivity index (χ0) is 13.4. The van der Waals surface area contributed by atoms with Gasteiger partial charge in [0.25, 0.3) is 0 Å². The number of imidazole rings is 1. The molecule has 0 bridgehead atoms. The number of aryl methyl sites for hydroxylation is 1. The van der Waals surface area contributed by atoms with Crippen LogP contribution in [0.2, 0.25) is 0 Å². The van der Waals surface area contributed by atoms with Crippen LogP contribution in [0.15, 0.2) is 36.5 Å². The van der Waals surface area contributed by atoms with E-state index in [0.29, 0.717) is 6.42 Å². The summed E-state index contributed by atoms with van der Waals surface area (Å²) in [5.74, 6) is 1.33. The maximum Gasteiger partial charge on any atom is 0.119 e. The lowest BCUT2D eigenvalue weighted by atomic mass is 10.00. The predicted molar refractivity (Wildman–Crippen MR) is 73.4 cm³/mol. The lowest BCUT2D eigenvalue weighted by molar-refractivity contribution is 0.469. The SMILES string of the molecule is Cc1ncc(Cc2c(O)ccc3cc(O)ccc23)[nH]1. The molecule has 0 fully saturated rings. The quantitative estimate of drug-likeness (QED) is 0.658. The van der Waals surface area contributed by atoms with Gasteiger partial charge in [-0.1, -0.05) is 12.1 Å². The van der Waals surface area contributed by atoms with E-state index in [1.54, 1.807) is 30.5 Å². The second-order valence-corrected chi connectivity index (χ2v) is 4.64. The summed E-state index contributed by atoms with van der Waals surface area (Å²) in [4.78, 5) is 7.32. The number of rotatable bonds is 2. The molecular weight excluding hydrogens is 240 g/mol. The van der Waals surface area contributed by atoms with Gasteiger partial charge in [0, 0.05) is 23.9 Å². The molecule has 4 heteroatoms. The topological polar surface area (TPSA) is 69.1 Å². The summed E-state index contributed by atoms with van der Waals surface area (Å²) < 4.78 is 0. The first-order chi connectivity index (χ1) is 9.13. The van der Waals surface area contributed by atoms with E-state index in [1.165, 1.54) is 0 Å². The fourth-order valence-corrected chi connectivity index (χ4v) is 2.31. The Balaban J connectivity index is 2.13. The van der Waals surface area contributed by atoms with Crippen LogP contribution >= 0.6 is 0 Å². The maximum atomic E-state index is 10.0. The number of aromatic amines is 1. The van der Waals surface area contributed by atoms with Gasteiger partial charge >= 0.3 is 0 Å². The molecular formula is C15H14N2O2. The van der Waals surface area contributed by atoms with Gasteiger partial charge in [0.1, 0.15) is 17.3 Å². The molecule has 4 nitrogen and oxygen atoms in total. The van der Waals surface area contributed by atoms with Crippen LogP contribution < -0.4 is 0 Å². The fourth-order valence-electron chi connectivity index (χ4n) is 2.31. The first-order valence-electron chi connectivity index (χ1n) is 6.07. The second-order valence-electron chi connectivity index (χ2n) is 4.64. The molecule has 1 heterocycles. The first kappa shape index (κ1) is 11.6. The largest absolute Gasteiger partial charge is 0.508 e. The van der Waals surface area contributed by atoms with Gasteiger partial charge in [0.15, 0.2) is 0 Å². The Morgan fingerprint density at radius 2 is 2.00 bits per heavy atom. The van der Waals surface area contributed by atoms with Crippen LogP contribution in [0, 0.1) is 6.92 Å². The van der Waals surface area contributed by atoms with Gasteiger partial charge in [-0.25, -0.2) is 4.98 Å². The molecule has 1 aromatic heterocycles. The monoisotopic (exact) mass is 254 g/mol. The number of phenolic OH excluding ortho intramolecular Hbond substituents is 2. The Hall–Kier alpha value is -2.49. The predicted octanol–water partition coefficient (Wildman–Crippen LogP) is 2.87. The molecule has 0 radical (unpaired) electrons. The Morgan fingerprint density at radius 3 is 2.74 bits per heavy atom. The number of aromatic nitrogens is 2. The highest BCUT2D eigenvalue weighted by atomic mass is 16.3. The minimum Gasteiger partial charge on any atom is -0.508 e. The third kappa shape index (κ3) is 2.12. The maximum absolute atomic E-state index is 10.0. The molecule has 3 aromatic rings. The van der Waals surface area contributed by atoms with E-state index in [9.17, 15) is 10.2 Å². The molecule has 0 amide bonds. The number of phenols is 2. The molecule has 3 rings (SSSR count). The summed E-state index contributed by atoms with van der Waals surface area (Å²) in [5, 5.41) is 21.4. The van der Waals surface area contributed by atoms with Gasteiger partial charge in [-0.3, -0.25) is 0 Å². The average Bonchev–Trinajstić information content (AvgIpc) is 2.78. The molecule has 0 unspecified atom stereocenters. The van der Waals surface area contributed by atoms with Crippen LogP contribution in [-0.2, 0) is 6.42 Å². The molecule has 0 spiro atoms. The highest BCUT2D eigenvalue weighted by molar-refractivity contribution is 5.89. The van der Waals surface area contributed by atoms with Gasteiger partial charge < -0.3 is 15.2 Å². The van der Waals surface area contributed by atoms with Crippen molar-refractivity contribution in [2.75, 3.05) is 0 Å². The number of hydrogen-bond donors (Lipinski definition) is 3. The van der Waals surface area contributed by atoms with E-state index in [0.717, 1.165) is 27.9 Å². The lowest BCUT2D eigenvalue weighted by Gasteiger charge is -2.08. The number of fused-ring (bicyclic) bond motifs is 1. The Morgan fingerprint density at radius 1 is 1.16 bits per heavy atom. The van der Waals surface area contributed by atoms with Crippen molar-refractivity contribution in [1.82, 2.24) is 9.97 Å². The summed E-state index contributed by atoms with van der Waals surface area (Å²) in [6.07, 6.45) is 2.35. The lowest BCUT2D eigenvalue weighted by Crippen LogP contribution is -1.91. The van der Waals surface area contributed by atoms with Crippen molar-refractivity contribution >= 4 is 10.8 Å². The van der Waals surface area contributed by atoms with Crippen LogP contribution in [-0.4, -0.2) is 20.2 Å². The Bertz CT molecular complexity index is 747. The summed E-state index contributed by atoms with van der Waals surface area (Å²) >= 11 is 0. The first-order valence-corrected chi connectivity index (χ1v) is 6.07. The molecule has 0 aliphatic rings. The Labute approximate surface area is 110 Å². The van der Waals surface area contributed by atoms with Crippen molar-refractivity contribution < 1.29 is 10.2 Å². The van der Waals surface area contributed by atoms with Crippen molar-refractivity contribution in [3.05, 3.63) is 53.6 Å². The fraction of sp³-hybridized carbons (Fsp3) is 0.133. The Kier molecular flexibility index (Phi) is 2.63. The second kappa shape index (κ2) is 4.31. The van der Waals surface area contributed by atoms with E-state index in [4.69, 9.17) is 0 Å². The normalized spacial score (nSPS) is 11.0.